The number of benzene rings is 2. The van der Waals surface area contributed by atoms with Gasteiger partial charge in [0.05, 0.1) is 5.03 Å². The summed E-state index contributed by atoms with van der Waals surface area (Å²) in [5.41, 5.74) is 6.10. The van der Waals surface area contributed by atoms with Crippen LogP contribution in [0.1, 0.15) is 42.1 Å². The monoisotopic (exact) mass is 401 g/mol. The fourth-order valence-electron chi connectivity index (χ4n) is 3.28. The van der Waals surface area contributed by atoms with Gasteiger partial charge in [0, 0.05) is 11.9 Å². The molecule has 0 bridgehead atoms. The van der Waals surface area contributed by atoms with Crippen LogP contribution in [0, 0.1) is 6.92 Å². The average molecular weight is 402 g/mol. The van der Waals surface area contributed by atoms with E-state index in [1.54, 1.807) is 0 Å². The minimum Gasteiger partial charge on any atom is -0.339 e. The van der Waals surface area contributed by atoms with Crippen molar-refractivity contribution >= 4 is 39.9 Å². The highest BCUT2D eigenvalue weighted by Gasteiger charge is 2.16. The molecule has 4 rings (SSSR count). The van der Waals surface area contributed by atoms with Crippen LogP contribution in [0.2, 0.25) is 0 Å². The number of pyridine rings is 1. The SMILES string of the molecule is Cc1ccn2c(Nc3ccc(C(C)C)cc3)c(/C(Cl)=C/c3ccccc3)nc2c1. The van der Waals surface area contributed by atoms with Crippen LogP contribution in [0.4, 0.5) is 11.5 Å². The minimum atomic E-state index is 0.502. The first-order chi connectivity index (χ1) is 14.0. The lowest BCUT2D eigenvalue weighted by Gasteiger charge is -2.11. The van der Waals surface area contributed by atoms with Crippen LogP contribution in [0.15, 0.2) is 72.9 Å². The Labute approximate surface area is 176 Å². The molecule has 4 aromatic rings. The maximum atomic E-state index is 6.74. The molecule has 4 heteroatoms. The summed E-state index contributed by atoms with van der Waals surface area (Å²) < 4.78 is 2.04. The van der Waals surface area contributed by atoms with E-state index >= 15 is 0 Å². The maximum absolute atomic E-state index is 6.74. The zero-order chi connectivity index (χ0) is 20.4. The van der Waals surface area contributed by atoms with E-state index in [1.165, 1.54) is 5.56 Å². The lowest BCUT2D eigenvalue weighted by atomic mass is 10.0. The number of aromatic nitrogens is 2. The molecule has 0 atom stereocenters. The van der Waals surface area contributed by atoms with Gasteiger partial charge in [-0.1, -0.05) is 67.9 Å². The Kier molecular flexibility index (Phi) is 5.41. The summed E-state index contributed by atoms with van der Waals surface area (Å²) in [6.45, 7) is 6.45. The van der Waals surface area contributed by atoms with Crippen LogP contribution in [0.25, 0.3) is 16.8 Å². The highest BCUT2D eigenvalue weighted by Crippen LogP contribution is 2.32. The topological polar surface area (TPSA) is 29.3 Å². The molecule has 0 unspecified atom stereocenters. The molecule has 2 aromatic heterocycles. The van der Waals surface area contributed by atoms with Crippen LogP contribution < -0.4 is 5.32 Å². The zero-order valence-electron chi connectivity index (χ0n) is 16.9. The van der Waals surface area contributed by atoms with Crippen molar-refractivity contribution in [2.45, 2.75) is 26.7 Å². The molecular weight excluding hydrogens is 378 g/mol. The van der Waals surface area contributed by atoms with Crippen LogP contribution in [0.3, 0.4) is 0 Å². The number of hydrogen-bond acceptors (Lipinski definition) is 2. The van der Waals surface area contributed by atoms with E-state index in [0.29, 0.717) is 11.0 Å². The largest absolute Gasteiger partial charge is 0.339 e. The molecule has 2 aromatic carbocycles. The van der Waals surface area contributed by atoms with Crippen molar-refractivity contribution in [3.05, 3.63) is 95.3 Å². The normalized spacial score (nSPS) is 12.0. The Balaban J connectivity index is 1.78. The summed E-state index contributed by atoms with van der Waals surface area (Å²) in [6.07, 6.45) is 3.97. The van der Waals surface area contributed by atoms with Gasteiger partial charge in [0.1, 0.15) is 17.2 Å². The second kappa shape index (κ2) is 8.14. The van der Waals surface area contributed by atoms with E-state index < -0.39 is 0 Å². The number of fused-ring (bicyclic) bond motifs is 1. The molecule has 0 saturated carbocycles. The predicted molar refractivity (Wildman–Crippen MR) is 124 cm³/mol. The Bertz CT molecular complexity index is 1160. The van der Waals surface area contributed by atoms with Crippen molar-refractivity contribution in [3.63, 3.8) is 0 Å². The number of imidazole rings is 1. The minimum absolute atomic E-state index is 0.502. The molecule has 0 radical (unpaired) electrons. The number of aryl methyl sites for hydroxylation is 1. The quantitative estimate of drug-likeness (QED) is 0.381. The van der Waals surface area contributed by atoms with E-state index in [2.05, 4.69) is 62.5 Å². The van der Waals surface area contributed by atoms with Crippen molar-refractivity contribution < 1.29 is 0 Å². The summed E-state index contributed by atoms with van der Waals surface area (Å²) in [4.78, 5) is 4.81. The third kappa shape index (κ3) is 4.20. The molecule has 0 fully saturated rings. The molecule has 29 heavy (non-hydrogen) atoms. The number of rotatable bonds is 5. The van der Waals surface area contributed by atoms with Gasteiger partial charge in [-0.2, -0.15) is 0 Å². The number of anilines is 2. The summed E-state index contributed by atoms with van der Waals surface area (Å²) in [6, 6.07) is 22.7. The van der Waals surface area contributed by atoms with Gasteiger partial charge in [0.15, 0.2) is 0 Å². The molecule has 1 N–H and O–H groups in total. The standard InChI is InChI=1S/C25H24ClN3/c1-17(2)20-9-11-21(12-10-20)27-25-24(22(26)16-19-7-5-4-6-8-19)28-23-15-18(3)13-14-29(23)25/h4-17,27H,1-3H3/b22-16-. The van der Waals surface area contributed by atoms with Crippen LogP contribution in [0.5, 0.6) is 0 Å². The fourth-order valence-corrected chi connectivity index (χ4v) is 3.54. The predicted octanol–water partition coefficient (Wildman–Crippen LogP) is 7.25. The molecule has 3 nitrogen and oxygen atoms in total. The summed E-state index contributed by atoms with van der Waals surface area (Å²) in [5, 5.41) is 4.12. The molecule has 0 spiro atoms. The maximum Gasteiger partial charge on any atom is 0.144 e. The first kappa shape index (κ1) is 19.3. The van der Waals surface area contributed by atoms with E-state index in [1.807, 2.05) is 47.0 Å². The first-order valence-corrected chi connectivity index (χ1v) is 10.2. The zero-order valence-corrected chi connectivity index (χ0v) is 17.6. The van der Waals surface area contributed by atoms with E-state index in [0.717, 1.165) is 34.0 Å². The third-order valence-corrected chi connectivity index (χ3v) is 5.23. The second-order valence-electron chi connectivity index (χ2n) is 7.55. The van der Waals surface area contributed by atoms with Gasteiger partial charge in [-0.15, -0.1) is 0 Å². The van der Waals surface area contributed by atoms with Crippen molar-refractivity contribution in [2.75, 3.05) is 5.32 Å². The van der Waals surface area contributed by atoms with Crippen molar-refractivity contribution in [1.82, 2.24) is 9.38 Å². The highest BCUT2D eigenvalue weighted by molar-refractivity contribution is 6.51. The van der Waals surface area contributed by atoms with Crippen LogP contribution in [-0.2, 0) is 0 Å². The highest BCUT2D eigenvalue weighted by atomic mass is 35.5. The number of nitrogens with zero attached hydrogens (tertiary/aromatic N) is 2. The van der Waals surface area contributed by atoms with E-state index in [9.17, 15) is 0 Å². The molecule has 0 aliphatic rings. The molecule has 0 aliphatic heterocycles. The van der Waals surface area contributed by atoms with E-state index in [4.69, 9.17) is 16.6 Å². The van der Waals surface area contributed by atoms with Crippen LogP contribution >= 0.6 is 11.6 Å². The number of nitrogens with one attached hydrogen (secondary N) is 1. The van der Waals surface area contributed by atoms with E-state index in [-0.39, 0.29) is 0 Å². The van der Waals surface area contributed by atoms with Gasteiger partial charge in [0.2, 0.25) is 0 Å². The summed E-state index contributed by atoms with van der Waals surface area (Å²) >= 11 is 6.74. The summed E-state index contributed by atoms with van der Waals surface area (Å²) in [5.74, 6) is 1.36. The Hall–Kier alpha value is -3.04. The molecule has 0 aliphatic carbocycles. The van der Waals surface area contributed by atoms with Crippen molar-refractivity contribution in [3.8, 4) is 0 Å². The van der Waals surface area contributed by atoms with Gasteiger partial charge >= 0.3 is 0 Å². The first-order valence-electron chi connectivity index (χ1n) is 9.79. The smallest absolute Gasteiger partial charge is 0.144 e. The molecule has 0 saturated heterocycles. The molecular formula is C25H24ClN3. The Morgan fingerprint density at radius 1 is 1.03 bits per heavy atom. The fraction of sp³-hybridized carbons (Fsp3) is 0.160. The lowest BCUT2D eigenvalue weighted by molar-refractivity contribution is 0.867. The average Bonchev–Trinajstić information content (AvgIpc) is 3.06. The van der Waals surface area contributed by atoms with Gasteiger partial charge in [-0.05, 0) is 59.9 Å². The van der Waals surface area contributed by atoms with Gasteiger partial charge in [-0.25, -0.2) is 4.98 Å². The summed E-state index contributed by atoms with van der Waals surface area (Å²) in [7, 11) is 0. The third-order valence-electron chi connectivity index (χ3n) is 4.94. The van der Waals surface area contributed by atoms with Crippen LogP contribution in [-0.4, -0.2) is 9.38 Å². The Morgan fingerprint density at radius 2 is 1.76 bits per heavy atom. The number of halogens is 1. The van der Waals surface area contributed by atoms with Gasteiger partial charge in [-0.3, -0.25) is 4.40 Å². The Morgan fingerprint density at radius 3 is 2.45 bits per heavy atom. The second-order valence-corrected chi connectivity index (χ2v) is 7.95. The molecule has 0 amide bonds. The van der Waals surface area contributed by atoms with Crippen molar-refractivity contribution in [2.24, 2.45) is 0 Å². The van der Waals surface area contributed by atoms with Crippen molar-refractivity contribution in [1.29, 1.82) is 0 Å². The lowest BCUT2D eigenvalue weighted by Crippen LogP contribution is -1.98. The number of hydrogen-bond donors (Lipinski definition) is 1. The molecule has 2 heterocycles. The molecule has 146 valence electrons. The van der Waals surface area contributed by atoms with Gasteiger partial charge in [0.25, 0.3) is 0 Å². The van der Waals surface area contributed by atoms with Gasteiger partial charge < -0.3 is 5.32 Å².